The van der Waals surface area contributed by atoms with Crippen LogP contribution in [0.25, 0.3) is 0 Å². The van der Waals surface area contributed by atoms with E-state index < -0.39 is 50.6 Å². The molecule has 0 amide bonds. The number of esters is 2. The minimum Gasteiger partial charge on any atom is -0.462 e. The number of Topliss-reactive ketones (excluding diaryl/α,β-unsaturated/α-hetero) is 1. The SMILES string of the molecule is CCCCC/C=C\C/C=C\CCCCCCCCCCCC(=O)OC[C@H](COP(=O)(O)O)OC(=O)CCCCCC[C@H]1[C@@H](O)CC(=O)[C@@H]1/C=C/[C@@H](O)CCCCC. The van der Waals surface area contributed by atoms with Crippen molar-refractivity contribution >= 4 is 25.5 Å². The van der Waals surface area contributed by atoms with Crippen LogP contribution >= 0.6 is 7.82 Å². The lowest BCUT2D eigenvalue weighted by Crippen LogP contribution is -2.29. The van der Waals surface area contributed by atoms with Gasteiger partial charge in [0.05, 0.1) is 18.8 Å². The first-order valence-electron chi connectivity index (χ1n) is 22.4. The number of aliphatic hydroxyl groups is 2. The van der Waals surface area contributed by atoms with Gasteiger partial charge in [-0.25, -0.2) is 4.57 Å². The van der Waals surface area contributed by atoms with Crippen molar-refractivity contribution < 1.29 is 52.9 Å². The monoisotopic (exact) mass is 827 g/mol. The first-order valence-corrected chi connectivity index (χ1v) is 23.9. The van der Waals surface area contributed by atoms with E-state index in [1.807, 2.05) is 0 Å². The van der Waals surface area contributed by atoms with Crippen molar-refractivity contribution in [1.29, 1.82) is 0 Å². The zero-order chi connectivity index (χ0) is 42.0. The largest absolute Gasteiger partial charge is 0.469 e. The summed E-state index contributed by atoms with van der Waals surface area (Å²) < 4.78 is 26.4. The van der Waals surface area contributed by atoms with Gasteiger partial charge in [-0.1, -0.05) is 147 Å². The number of ether oxygens (including phenoxy) is 2. The summed E-state index contributed by atoms with van der Waals surface area (Å²) in [6, 6.07) is 0. The molecule has 57 heavy (non-hydrogen) atoms. The molecule has 0 radical (unpaired) electrons. The van der Waals surface area contributed by atoms with Gasteiger partial charge in [0.25, 0.3) is 0 Å². The van der Waals surface area contributed by atoms with E-state index in [0.717, 1.165) is 64.2 Å². The normalized spacial score (nSPS) is 18.6. The number of hydrogen-bond donors (Lipinski definition) is 4. The average molecular weight is 827 g/mol. The van der Waals surface area contributed by atoms with Crippen molar-refractivity contribution in [2.45, 2.75) is 206 Å². The molecule has 0 heterocycles. The van der Waals surface area contributed by atoms with Gasteiger partial charge in [0.1, 0.15) is 12.4 Å². The van der Waals surface area contributed by atoms with Gasteiger partial charge < -0.3 is 29.5 Å². The maximum absolute atomic E-state index is 12.5. The molecule has 0 spiro atoms. The van der Waals surface area contributed by atoms with Gasteiger partial charge in [-0.05, 0) is 63.7 Å². The van der Waals surface area contributed by atoms with Gasteiger partial charge in [0, 0.05) is 25.2 Å². The maximum Gasteiger partial charge on any atom is 0.469 e. The number of phosphoric ester groups is 1. The van der Waals surface area contributed by atoms with E-state index in [0.29, 0.717) is 32.1 Å². The van der Waals surface area contributed by atoms with Crippen LogP contribution in [0.15, 0.2) is 36.5 Å². The Bertz CT molecular complexity index is 1180. The van der Waals surface area contributed by atoms with E-state index in [9.17, 15) is 29.2 Å². The van der Waals surface area contributed by atoms with Gasteiger partial charge in [-0.2, -0.15) is 0 Å². The molecule has 5 atom stereocenters. The summed E-state index contributed by atoms with van der Waals surface area (Å²) in [6.45, 7) is 3.37. The second-order valence-electron chi connectivity index (χ2n) is 15.8. The number of allylic oxidation sites excluding steroid dienone is 5. The summed E-state index contributed by atoms with van der Waals surface area (Å²) in [7, 11) is -4.82. The van der Waals surface area contributed by atoms with Crippen LogP contribution in [0.4, 0.5) is 0 Å². The summed E-state index contributed by atoms with van der Waals surface area (Å²) >= 11 is 0. The number of ketones is 1. The highest BCUT2D eigenvalue weighted by atomic mass is 31.2. The summed E-state index contributed by atoms with van der Waals surface area (Å²) in [4.78, 5) is 55.6. The molecule has 1 fully saturated rings. The number of phosphoric acid groups is 1. The predicted octanol–water partition coefficient (Wildman–Crippen LogP) is 10.3. The Balaban J connectivity index is 2.22. The summed E-state index contributed by atoms with van der Waals surface area (Å²) in [5.41, 5.74) is 0. The van der Waals surface area contributed by atoms with Crippen LogP contribution in [-0.2, 0) is 32.9 Å². The minimum atomic E-state index is -4.82. The molecule has 330 valence electrons. The van der Waals surface area contributed by atoms with Crippen molar-refractivity contribution in [3.05, 3.63) is 36.5 Å². The van der Waals surface area contributed by atoms with E-state index >= 15 is 0 Å². The van der Waals surface area contributed by atoms with Gasteiger partial charge >= 0.3 is 19.8 Å². The third-order valence-electron chi connectivity index (χ3n) is 10.5. The van der Waals surface area contributed by atoms with Gasteiger partial charge in [-0.3, -0.25) is 18.9 Å². The highest BCUT2D eigenvalue weighted by molar-refractivity contribution is 7.46. The zero-order valence-corrected chi connectivity index (χ0v) is 36.3. The van der Waals surface area contributed by atoms with Crippen LogP contribution in [-0.4, -0.2) is 69.2 Å². The summed E-state index contributed by atoms with van der Waals surface area (Å²) in [6.07, 6.45) is 34.8. The second-order valence-corrected chi connectivity index (χ2v) is 17.0. The molecule has 1 aliphatic rings. The molecule has 0 saturated heterocycles. The number of rotatable bonds is 37. The quantitative estimate of drug-likeness (QED) is 0.0203. The number of carbonyl (C=O) groups excluding carboxylic acids is 3. The number of aliphatic hydroxyl groups excluding tert-OH is 2. The van der Waals surface area contributed by atoms with Crippen LogP contribution in [0.1, 0.15) is 187 Å². The standard InChI is InChI=1S/C45H79O11P/c1-3-5-7-8-9-10-11-12-13-14-15-16-17-18-19-20-21-22-27-31-44(49)54-36-39(37-55-57(51,52)53)56-45(50)32-28-24-23-26-30-40-41(43(48)35-42(40)47)34-33-38(46)29-25-6-4-2/h9-10,12-13,33-34,38-42,46-47H,3-8,11,14-32,35-37H2,1-2H3,(H2,51,52,53)/b10-9-,13-12-,34-33+/t38-,39+,40+,41+,42-/m0/s1. The Morgan fingerprint density at radius 2 is 1.28 bits per heavy atom. The van der Waals surface area contributed by atoms with Crippen molar-refractivity contribution in [2.75, 3.05) is 13.2 Å². The van der Waals surface area contributed by atoms with E-state index in [2.05, 4.69) is 42.7 Å². The summed E-state index contributed by atoms with van der Waals surface area (Å²) in [5.74, 6) is -1.64. The maximum atomic E-state index is 12.5. The Hall–Kier alpha value is -2.14. The minimum absolute atomic E-state index is 0.00614. The lowest BCUT2D eigenvalue weighted by molar-refractivity contribution is -0.161. The number of hydrogen-bond acceptors (Lipinski definition) is 9. The fourth-order valence-electron chi connectivity index (χ4n) is 7.13. The van der Waals surface area contributed by atoms with Crippen LogP contribution in [0.5, 0.6) is 0 Å². The fraction of sp³-hybridized carbons (Fsp3) is 0.800. The van der Waals surface area contributed by atoms with Crippen molar-refractivity contribution in [3.63, 3.8) is 0 Å². The predicted molar refractivity (Wildman–Crippen MR) is 226 cm³/mol. The molecule has 0 bridgehead atoms. The van der Waals surface area contributed by atoms with Gasteiger partial charge in [0.15, 0.2) is 6.10 Å². The topological polar surface area (TPSA) is 177 Å². The molecule has 12 heteroatoms. The summed E-state index contributed by atoms with van der Waals surface area (Å²) in [5, 5.41) is 20.7. The average Bonchev–Trinajstić information content (AvgIpc) is 3.44. The first-order chi connectivity index (χ1) is 27.5. The Labute approximate surface area is 344 Å². The Morgan fingerprint density at radius 3 is 1.89 bits per heavy atom. The number of unbranched alkanes of at least 4 members (excludes halogenated alkanes) is 17. The molecule has 11 nitrogen and oxygen atoms in total. The molecule has 0 aromatic rings. The number of carbonyl (C=O) groups is 3. The highest BCUT2D eigenvalue weighted by Crippen LogP contribution is 2.36. The molecule has 4 N–H and O–H groups in total. The molecule has 1 aliphatic carbocycles. The Morgan fingerprint density at radius 1 is 0.737 bits per heavy atom. The van der Waals surface area contributed by atoms with E-state index in [1.54, 1.807) is 12.2 Å². The lowest BCUT2D eigenvalue weighted by atomic mass is 9.88. The lowest BCUT2D eigenvalue weighted by Gasteiger charge is -2.19. The first kappa shape index (κ1) is 52.9. The third kappa shape index (κ3) is 30.5. The zero-order valence-electron chi connectivity index (χ0n) is 35.5. The molecule has 0 unspecified atom stereocenters. The molecule has 0 aromatic heterocycles. The smallest absolute Gasteiger partial charge is 0.462 e. The van der Waals surface area contributed by atoms with E-state index in [-0.39, 0.29) is 37.6 Å². The van der Waals surface area contributed by atoms with Crippen LogP contribution in [0, 0.1) is 11.8 Å². The van der Waals surface area contributed by atoms with Crippen LogP contribution in [0.3, 0.4) is 0 Å². The van der Waals surface area contributed by atoms with Gasteiger partial charge in [0.2, 0.25) is 0 Å². The third-order valence-corrected chi connectivity index (χ3v) is 11.0. The molecular formula is C45H79O11P. The molecule has 0 aliphatic heterocycles. The van der Waals surface area contributed by atoms with E-state index in [1.165, 1.54) is 57.8 Å². The van der Waals surface area contributed by atoms with E-state index in [4.69, 9.17) is 19.3 Å². The van der Waals surface area contributed by atoms with Crippen LogP contribution < -0.4 is 0 Å². The molecule has 1 rings (SSSR count). The molecular weight excluding hydrogens is 747 g/mol. The second kappa shape index (κ2) is 34.7. The highest BCUT2D eigenvalue weighted by Gasteiger charge is 2.39. The molecule has 1 saturated carbocycles. The Kier molecular flexibility index (Phi) is 32.2. The van der Waals surface area contributed by atoms with Crippen LogP contribution in [0.2, 0.25) is 0 Å². The van der Waals surface area contributed by atoms with Crippen molar-refractivity contribution in [1.82, 2.24) is 0 Å². The van der Waals surface area contributed by atoms with Gasteiger partial charge in [-0.15, -0.1) is 0 Å². The van der Waals surface area contributed by atoms with Crippen molar-refractivity contribution in [3.8, 4) is 0 Å². The van der Waals surface area contributed by atoms with Crippen molar-refractivity contribution in [2.24, 2.45) is 11.8 Å². The molecule has 0 aromatic carbocycles. The fourth-order valence-corrected chi connectivity index (χ4v) is 7.49.